The highest BCUT2D eigenvalue weighted by atomic mass is 32.2. The number of para-hydroxylation sites is 1. The van der Waals surface area contributed by atoms with E-state index in [1.165, 1.54) is 41.0 Å². The van der Waals surface area contributed by atoms with Crippen LogP contribution in [0.3, 0.4) is 0 Å². The highest BCUT2D eigenvalue weighted by molar-refractivity contribution is 8.00. The Balaban J connectivity index is 1.48. The summed E-state index contributed by atoms with van der Waals surface area (Å²) in [4.78, 5) is 146. The number of guanidine groups is 1. The third-order valence-corrected chi connectivity index (χ3v) is 13.8. The fourth-order valence-electron chi connectivity index (χ4n) is 8.73. The maximum atomic E-state index is 14.7. The molecule has 406 valence electrons. The lowest BCUT2D eigenvalue weighted by atomic mass is 10.0. The minimum absolute atomic E-state index is 0.000995. The van der Waals surface area contributed by atoms with Gasteiger partial charge in [0.1, 0.15) is 36.3 Å². The summed E-state index contributed by atoms with van der Waals surface area (Å²) in [6, 6.07) is 5.90. The van der Waals surface area contributed by atoms with Crippen LogP contribution in [0.1, 0.15) is 86.7 Å². The van der Waals surface area contributed by atoms with Gasteiger partial charge in [-0.25, -0.2) is 0 Å². The van der Waals surface area contributed by atoms with Gasteiger partial charge >= 0.3 is 0 Å². The normalized spacial score (nSPS) is 22.4. The number of nitrogens with one attached hydrogen (secondary N) is 7. The Morgan fingerprint density at radius 1 is 0.760 bits per heavy atom. The van der Waals surface area contributed by atoms with Gasteiger partial charge in [0.15, 0.2) is 5.96 Å². The molecule has 15 N–H and O–H groups in total. The van der Waals surface area contributed by atoms with Crippen molar-refractivity contribution in [3.8, 4) is 0 Å². The van der Waals surface area contributed by atoms with Crippen molar-refractivity contribution in [3.63, 3.8) is 0 Å². The van der Waals surface area contributed by atoms with E-state index < -0.39 is 108 Å². The summed E-state index contributed by atoms with van der Waals surface area (Å²) in [5.74, 6) is -7.84. The number of benzene rings is 2. The number of amides is 10. The molecular formula is C50H70N14O10S. The standard InChI is InChI=1S/C50H70N14O10S/c1-3-4-5-8-20-63-26-40(65)59-37(23-32-24-56-34-12-7-6-11-33(32)34)49(74)64-21-10-14-39(64)48(73)62-38(44(52)69)27-75-28-41(66)58-29(2)45(70)61-36(22-30-15-17-31(18-16-30)43(51)68)47(72)60-35(13-9-19-55-50(53)54)46(71)57-25-42(63)67/h6-7,11-12,15-18,24,29,35-39,56H,3-5,8-10,13-14,19-23,25-28H2,1-2H3,(H2,51,68)(H2,52,69)(H,57,71)(H,58,66)(H,59,65)(H,60,72)(H,61,70)(H,62,73)(H4,53,54,55)/t29-,35-,36-,37-,38-,39-/m0/s1. The van der Waals surface area contributed by atoms with E-state index in [1.807, 2.05) is 31.2 Å². The number of H-pyrrole nitrogens is 1. The lowest BCUT2D eigenvalue weighted by Crippen LogP contribution is -2.58. The van der Waals surface area contributed by atoms with Crippen molar-refractivity contribution >= 4 is 87.7 Å². The SMILES string of the molecule is CCCCCCN1CC(=O)N[C@@H](Cc2c[nH]c3ccccc23)C(=O)N2CCC[C@H]2C(=O)N[C@H](C(N)=O)CSCC(=O)N[C@@H](C)C(=O)N[C@@H](Cc2ccc(C(N)=O)cc2)C(=O)N[C@@H](CCCN=C(N)N)C(=O)NCC1=O. The van der Waals surface area contributed by atoms with E-state index in [0.29, 0.717) is 24.0 Å². The van der Waals surface area contributed by atoms with E-state index >= 15 is 0 Å². The molecule has 0 aliphatic carbocycles. The summed E-state index contributed by atoms with van der Waals surface area (Å²) in [6.07, 6.45) is 5.36. The minimum atomic E-state index is -1.37. The van der Waals surface area contributed by atoms with E-state index in [-0.39, 0.29) is 74.8 Å². The van der Waals surface area contributed by atoms with E-state index in [2.05, 4.69) is 41.9 Å². The molecule has 24 nitrogen and oxygen atoms in total. The molecule has 0 radical (unpaired) electrons. The average molecular weight is 1060 g/mol. The number of unbranched alkanes of at least 4 members (excludes halogenated alkanes) is 3. The zero-order chi connectivity index (χ0) is 54.6. The van der Waals surface area contributed by atoms with Crippen molar-refractivity contribution in [2.75, 3.05) is 44.2 Å². The van der Waals surface area contributed by atoms with Crippen LogP contribution in [0.2, 0.25) is 0 Å². The summed E-state index contributed by atoms with van der Waals surface area (Å²) in [7, 11) is 0. The number of hydrogen-bond acceptors (Lipinski definition) is 12. The van der Waals surface area contributed by atoms with Gasteiger partial charge in [-0.3, -0.25) is 52.9 Å². The van der Waals surface area contributed by atoms with Crippen LogP contribution in [0.25, 0.3) is 10.9 Å². The molecule has 3 aromatic rings. The molecule has 2 aliphatic heterocycles. The van der Waals surface area contributed by atoms with E-state index in [1.54, 1.807) is 6.20 Å². The Bertz CT molecular complexity index is 2570. The van der Waals surface area contributed by atoms with Crippen LogP contribution in [0.5, 0.6) is 0 Å². The Labute approximate surface area is 438 Å². The number of carbonyl (C=O) groups is 10. The molecule has 0 bridgehead atoms. The summed E-state index contributed by atoms with van der Waals surface area (Å²) in [6.45, 7) is 2.64. The molecule has 1 aromatic heterocycles. The van der Waals surface area contributed by atoms with Crippen LogP contribution in [0.15, 0.2) is 59.7 Å². The van der Waals surface area contributed by atoms with E-state index in [9.17, 15) is 47.9 Å². The molecule has 3 heterocycles. The number of aromatic amines is 1. The molecule has 75 heavy (non-hydrogen) atoms. The Morgan fingerprint density at radius 3 is 2.20 bits per heavy atom. The summed E-state index contributed by atoms with van der Waals surface area (Å²) in [5, 5.41) is 16.7. The fourth-order valence-corrected chi connectivity index (χ4v) is 9.60. The van der Waals surface area contributed by atoms with Crippen LogP contribution >= 0.6 is 11.8 Å². The number of carbonyl (C=O) groups excluding carboxylic acids is 10. The Morgan fingerprint density at radius 2 is 1.49 bits per heavy atom. The van der Waals surface area contributed by atoms with Gasteiger partial charge in [-0.05, 0) is 68.4 Å². The van der Waals surface area contributed by atoms with Gasteiger partial charge in [0.25, 0.3) is 0 Å². The summed E-state index contributed by atoms with van der Waals surface area (Å²) >= 11 is 0.945. The van der Waals surface area contributed by atoms with Crippen LogP contribution in [0, 0.1) is 0 Å². The number of nitrogens with two attached hydrogens (primary N) is 4. The van der Waals surface area contributed by atoms with Gasteiger partial charge in [0, 0.05) is 60.9 Å². The van der Waals surface area contributed by atoms with Gasteiger partial charge < -0.3 is 69.6 Å². The molecule has 25 heteroatoms. The van der Waals surface area contributed by atoms with Crippen molar-refractivity contribution in [2.45, 2.75) is 114 Å². The number of hydrogen-bond donors (Lipinski definition) is 11. The van der Waals surface area contributed by atoms with Crippen molar-refractivity contribution in [3.05, 3.63) is 71.4 Å². The topological polar surface area (TPSA) is 382 Å². The first-order valence-electron chi connectivity index (χ1n) is 25.1. The number of rotatable bonds is 15. The molecule has 5 rings (SSSR count). The van der Waals surface area contributed by atoms with E-state index in [0.717, 1.165) is 41.9 Å². The predicted molar refractivity (Wildman–Crippen MR) is 281 cm³/mol. The van der Waals surface area contributed by atoms with Crippen LogP contribution in [0.4, 0.5) is 0 Å². The van der Waals surface area contributed by atoms with Crippen molar-refractivity contribution in [2.24, 2.45) is 27.9 Å². The first-order valence-corrected chi connectivity index (χ1v) is 26.2. The van der Waals surface area contributed by atoms with Crippen LogP contribution in [-0.4, -0.2) is 160 Å². The average Bonchev–Trinajstić information content (AvgIpc) is 4.04. The number of aliphatic imine (C=N–C) groups is 1. The fraction of sp³-hybridized carbons (Fsp3) is 0.500. The number of thioether (sulfide) groups is 1. The highest BCUT2D eigenvalue weighted by Crippen LogP contribution is 2.23. The maximum Gasteiger partial charge on any atom is 0.248 e. The van der Waals surface area contributed by atoms with Gasteiger partial charge in [-0.1, -0.05) is 56.5 Å². The third kappa shape index (κ3) is 17.7. The van der Waals surface area contributed by atoms with Gasteiger partial charge in [0.2, 0.25) is 59.1 Å². The first kappa shape index (κ1) is 58.2. The van der Waals surface area contributed by atoms with Gasteiger partial charge in [-0.15, -0.1) is 11.8 Å². The second-order valence-electron chi connectivity index (χ2n) is 18.6. The third-order valence-electron chi connectivity index (χ3n) is 12.8. The van der Waals surface area contributed by atoms with E-state index in [4.69, 9.17) is 22.9 Å². The highest BCUT2D eigenvalue weighted by Gasteiger charge is 2.39. The minimum Gasteiger partial charge on any atom is -0.370 e. The zero-order valence-corrected chi connectivity index (χ0v) is 43.1. The molecule has 6 atom stereocenters. The summed E-state index contributed by atoms with van der Waals surface area (Å²) < 4.78 is 0. The molecule has 2 fully saturated rings. The quantitative estimate of drug-likeness (QED) is 0.0460. The van der Waals surface area contributed by atoms with Crippen LogP contribution < -0.4 is 54.8 Å². The molecule has 10 amide bonds. The van der Waals surface area contributed by atoms with Gasteiger partial charge in [-0.2, -0.15) is 0 Å². The Kier molecular flexibility index (Phi) is 22.2. The number of nitrogens with zero attached hydrogens (tertiary/aromatic N) is 3. The molecule has 0 spiro atoms. The lowest BCUT2D eigenvalue weighted by Gasteiger charge is -2.30. The molecule has 2 aliphatic rings. The molecule has 2 aromatic carbocycles. The Hall–Kier alpha value is -7.70. The van der Waals surface area contributed by atoms with Crippen LogP contribution in [-0.2, 0) is 56.0 Å². The first-order chi connectivity index (χ1) is 35.8. The number of fused-ring (bicyclic) bond motifs is 2. The smallest absolute Gasteiger partial charge is 0.248 e. The maximum absolute atomic E-state index is 14.7. The van der Waals surface area contributed by atoms with Gasteiger partial charge in [0.05, 0.1) is 18.8 Å². The number of aromatic nitrogens is 1. The second-order valence-corrected chi connectivity index (χ2v) is 19.6. The second kappa shape index (κ2) is 28.7. The van der Waals surface area contributed by atoms with Crippen molar-refractivity contribution in [1.82, 2.24) is 46.7 Å². The summed E-state index contributed by atoms with van der Waals surface area (Å²) in [5.41, 5.74) is 24.4. The lowest BCUT2D eigenvalue weighted by molar-refractivity contribution is -0.142. The predicted octanol–water partition coefficient (Wildman–Crippen LogP) is -1.70. The molecule has 0 unspecified atom stereocenters. The van der Waals surface area contributed by atoms with Crippen molar-refractivity contribution in [1.29, 1.82) is 0 Å². The monoisotopic (exact) mass is 1060 g/mol. The molecule has 2 saturated heterocycles. The van der Waals surface area contributed by atoms with Crippen molar-refractivity contribution < 1.29 is 47.9 Å². The zero-order valence-electron chi connectivity index (χ0n) is 42.3. The number of primary amides is 2. The largest absolute Gasteiger partial charge is 0.370 e. The molecular weight excluding hydrogens is 989 g/mol. The molecule has 0 saturated carbocycles.